The number of carbonyl (C=O) groups excluding carboxylic acids is 1. The normalized spacial score (nSPS) is 21.1. The van der Waals surface area contributed by atoms with Gasteiger partial charge in [0.1, 0.15) is 0 Å². The minimum atomic E-state index is -0.924. The summed E-state index contributed by atoms with van der Waals surface area (Å²) in [5.41, 5.74) is 0. The summed E-state index contributed by atoms with van der Waals surface area (Å²) in [4.78, 5) is 22.2. The van der Waals surface area contributed by atoms with Gasteiger partial charge in [-0.1, -0.05) is 0 Å². The molecule has 0 spiro atoms. The van der Waals surface area contributed by atoms with Gasteiger partial charge in [0.25, 0.3) is 0 Å². The van der Waals surface area contributed by atoms with E-state index < -0.39 is 12.1 Å². The second-order valence-electron chi connectivity index (χ2n) is 3.69. The molecule has 7 heteroatoms. The zero-order valence-corrected chi connectivity index (χ0v) is 10.6. The van der Waals surface area contributed by atoms with Gasteiger partial charge in [-0.2, -0.15) is 0 Å². The summed E-state index contributed by atoms with van der Waals surface area (Å²) in [5.74, 6) is 0.518. The van der Waals surface area contributed by atoms with Crippen LogP contribution in [-0.4, -0.2) is 53.9 Å². The lowest BCUT2D eigenvalue weighted by molar-refractivity contribution is -0.140. The van der Waals surface area contributed by atoms with Crippen LogP contribution in [0.4, 0.5) is 0 Å². The molecule has 1 saturated heterocycles. The Morgan fingerprint density at radius 3 is 2.94 bits per heavy atom. The van der Waals surface area contributed by atoms with Gasteiger partial charge in [0.2, 0.25) is 5.91 Å². The van der Waals surface area contributed by atoms with Crippen LogP contribution in [-0.2, 0) is 14.3 Å². The van der Waals surface area contributed by atoms with Gasteiger partial charge in [-0.3, -0.25) is 14.9 Å². The lowest BCUT2D eigenvalue weighted by Crippen LogP contribution is -2.45. The van der Waals surface area contributed by atoms with Crippen LogP contribution >= 0.6 is 11.8 Å². The van der Waals surface area contributed by atoms with Gasteiger partial charge >= 0.3 is 5.97 Å². The number of carboxylic acids is 1. The van der Waals surface area contributed by atoms with E-state index in [9.17, 15) is 9.59 Å². The Labute approximate surface area is 104 Å². The topological polar surface area (TPSA) is 87.7 Å². The van der Waals surface area contributed by atoms with E-state index in [1.165, 1.54) is 0 Å². The molecule has 6 nitrogen and oxygen atoms in total. The van der Waals surface area contributed by atoms with E-state index >= 15 is 0 Å². The number of hydrogen-bond donors (Lipinski definition) is 3. The quantitative estimate of drug-likeness (QED) is 0.581. The molecule has 0 radical (unpaired) electrons. The first-order valence-electron chi connectivity index (χ1n) is 5.55. The van der Waals surface area contributed by atoms with Crippen LogP contribution < -0.4 is 10.6 Å². The van der Waals surface area contributed by atoms with Crippen LogP contribution in [0.2, 0.25) is 0 Å². The number of rotatable bonds is 7. The Morgan fingerprint density at radius 1 is 1.65 bits per heavy atom. The van der Waals surface area contributed by atoms with E-state index in [1.807, 2.05) is 0 Å². The van der Waals surface area contributed by atoms with Crippen molar-refractivity contribution in [2.24, 2.45) is 0 Å². The monoisotopic (exact) mass is 262 g/mol. The Bertz CT molecular complexity index is 269. The summed E-state index contributed by atoms with van der Waals surface area (Å²) >= 11 is 1.67. The van der Waals surface area contributed by atoms with Gasteiger partial charge in [-0.25, -0.2) is 0 Å². The average molecular weight is 262 g/mol. The largest absolute Gasteiger partial charge is 0.481 e. The second-order valence-corrected chi connectivity index (χ2v) is 4.72. The second kappa shape index (κ2) is 7.52. The van der Waals surface area contributed by atoms with E-state index in [4.69, 9.17) is 9.84 Å². The molecule has 3 N–H and O–H groups in total. The summed E-state index contributed by atoms with van der Waals surface area (Å²) in [7, 11) is 0. The third kappa shape index (κ3) is 5.38. The lowest BCUT2D eigenvalue weighted by Gasteiger charge is -2.17. The molecule has 0 saturated carbocycles. The van der Waals surface area contributed by atoms with E-state index in [0.29, 0.717) is 6.61 Å². The van der Waals surface area contributed by atoms with Crippen molar-refractivity contribution in [3.05, 3.63) is 0 Å². The van der Waals surface area contributed by atoms with Crippen LogP contribution in [0.1, 0.15) is 13.3 Å². The van der Waals surface area contributed by atoms with Crippen molar-refractivity contribution in [1.29, 1.82) is 0 Å². The van der Waals surface area contributed by atoms with E-state index in [2.05, 4.69) is 10.6 Å². The van der Waals surface area contributed by atoms with Crippen LogP contribution in [0.3, 0.4) is 0 Å². The maximum absolute atomic E-state index is 11.6. The summed E-state index contributed by atoms with van der Waals surface area (Å²) in [6.07, 6.45) is -0.559. The standard InChI is InChI=1S/C10H18N2O4S/c1-2-16-7(3-9(13)14)4-11-10(15)8-5-17-6-12-8/h7-8,12H,2-6H2,1H3,(H,11,15)(H,13,14). The predicted octanol–water partition coefficient (Wildman–Crippen LogP) is -0.355. The molecule has 1 amide bonds. The van der Waals surface area contributed by atoms with Gasteiger partial charge in [0, 0.05) is 24.8 Å². The summed E-state index contributed by atoms with van der Waals surface area (Å²) < 4.78 is 5.24. The Hall–Kier alpha value is -0.790. The molecule has 1 heterocycles. The van der Waals surface area contributed by atoms with Crippen molar-refractivity contribution < 1.29 is 19.4 Å². The van der Waals surface area contributed by atoms with Crippen molar-refractivity contribution in [2.75, 3.05) is 24.8 Å². The molecule has 0 bridgehead atoms. The fourth-order valence-electron chi connectivity index (χ4n) is 1.52. The highest BCUT2D eigenvalue weighted by Crippen LogP contribution is 2.09. The molecule has 1 aliphatic rings. The maximum atomic E-state index is 11.6. The molecule has 1 rings (SSSR count). The van der Waals surface area contributed by atoms with Crippen molar-refractivity contribution >= 4 is 23.6 Å². The SMILES string of the molecule is CCOC(CNC(=O)C1CSCN1)CC(=O)O. The fourth-order valence-corrected chi connectivity index (χ4v) is 2.46. The van der Waals surface area contributed by atoms with E-state index in [0.717, 1.165) is 11.6 Å². The van der Waals surface area contributed by atoms with Gasteiger partial charge < -0.3 is 15.2 Å². The van der Waals surface area contributed by atoms with Crippen molar-refractivity contribution in [2.45, 2.75) is 25.5 Å². The van der Waals surface area contributed by atoms with Crippen LogP contribution in [0, 0.1) is 0 Å². The van der Waals surface area contributed by atoms with Crippen molar-refractivity contribution in [3.8, 4) is 0 Å². The number of aliphatic carboxylic acids is 1. The van der Waals surface area contributed by atoms with Crippen LogP contribution in [0.5, 0.6) is 0 Å². The number of carboxylic acid groups (broad SMARTS) is 1. The van der Waals surface area contributed by atoms with E-state index in [1.54, 1.807) is 18.7 Å². The van der Waals surface area contributed by atoms with Gasteiger partial charge in [-0.15, -0.1) is 11.8 Å². The molecule has 0 aliphatic carbocycles. The molecule has 0 aromatic rings. The minimum Gasteiger partial charge on any atom is -0.481 e. The van der Waals surface area contributed by atoms with Crippen LogP contribution in [0.25, 0.3) is 0 Å². The zero-order valence-electron chi connectivity index (χ0n) is 9.77. The number of hydrogen-bond acceptors (Lipinski definition) is 5. The van der Waals surface area contributed by atoms with Gasteiger partial charge in [0.05, 0.1) is 18.6 Å². The smallest absolute Gasteiger partial charge is 0.306 e. The Balaban J connectivity index is 2.29. The van der Waals surface area contributed by atoms with Gasteiger partial charge in [0.15, 0.2) is 0 Å². The first-order valence-corrected chi connectivity index (χ1v) is 6.71. The summed E-state index contributed by atoms with van der Waals surface area (Å²) in [5, 5.41) is 14.4. The zero-order chi connectivity index (χ0) is 12.7. The Kier molecular flexibility index (Phi) is 6.31. The molecule has 2 atom stereocenters. The number of thioether (sulfide) groups is 1. The summed E-state index contributed by atoms with van der Waals surface area (Å²) in [6.45, 7) is 2.47. The molecular weight excluding hydrogens is 244 g/mol. The third-order valence-electron chi connectivity index (χ3n) is 2.34. The van der Waals surface area contributed by atoms with Crippen LogP contribution in [0.15, 0.2) is 0 Å². The fraction of sp³-hybridized carbons (Fsp3) is 0.800. The molecule has 17 heavy (non-hydrogen) atoms. The van der Waals surface area contributed by atoms with Crippen molar-refractivity contribution in [1.82, 2.24) is 10.6 Å². The number of nitrogens with one attached hydrogen (secondary N) is 2. The number of ether oxygens (including phenoxy) is 1. The molecular formula is C10H18N2O4S. The van der Waals surface area contributed by atoms with Crippen molar-refractivity contribution in [3.63, 3.8) is 0 Å². The predicted molar refractivity (Wildman–Crippen MR) is 64.9 cm³/mol. The molecule has 1 aliphatic heterocycles. The number of amides is 1. The molecule has 1 fully saturated rings. The Morgan fingerprint density at radius 2 is 2.41 bits per heavy atom. The minimum absolute atomic E-state index is 0.0925. The first kappa shape index (κ1) is 14.3. The molecule has 0 aromatic carbocycles. The lowest BCUT2D eigenvalue weighted by atomic mass is 10.2. The average Bonchev–Trinajstić information content (AvgIpc) is 2.78. The van der Waals surface area contributed by atoms with E-state index in [-0.39, 0.29) is 24.9 Å². The maximum Gasteiger partial charge on any atom is 0.306 e. The highest BCUT2D eigenvalue weighted by molar-refractivity contribution is 7.99. The highest BCUT2D eigenvalue weighted by atomic mass is 32.2. The molecule has 2 unspecified atom stereocenters. The molecule has 98 valence electrons. The first-order chi connectivity index (χ1) is 8.13. The molecule has 0 aromatic heterocycles. The number of carbonyl (C=O) groups is 2. The third-order valence-corrected chi connectivity index (χ3v) is 3.28. The van der Waals surface area contributed by atoms with Gasteiger partial charge in [-0.05, 0) is 6.92 Å². The highest BCUT2D eigenvalue weighted by Gasteiger charge is 2.23. The summed E-state index contributed by atoms with van der Waals surface area (Å²) in [6, 6.07) is -0.174.